The summed E-state index contributed by atoms with van der Waals surface area (Å²) < 4.78 is 8.03. The lowest BCUT2D eigenvalue weighted by molar-refractivity contribution is -0.111. The number of nitrogens with zero attached hydrogens (tertiary/aromatic N) is 3. The molecule has 1 aromatic carbocycles. The van der Waals surface area contributed by atoms with Crippen LogP contribution in [0, 0.1) is 6.92 Å². The first-order valence-electron chi connectivity index (χ1n) is 8.79. The Balaban J connectivity index is 1.71. The molecule has 0 fully saturated rings. The lowest BCUT2D eigenvalue weighted by atomic mass is 10.2. The quantitative estimate of drug-likeness (QED) is 0.672. The van der Waals surface area contributed by atoms with Gasteiger partial charge in [0.15, 0.2) is 0 Å². The molecule has 0 spiro atoms. The highest BCUT2D eigenvalue weighted by atomic mass is 16.5. The maximum Gasteiger partial charge on any atom is 0.330 e. The Labute approximate surface area is 166 Å². The number of aromatic nitrogens is 3. The summed E-state index contributed by atoms with van der Waals surface area (Å²) >= 11 is 0. The Morgan fingerprint density at radius 1 is 1.21 bits per heavy atom. The van der Waals surface area contributed by atoms with E-state index >= 15 is 0 Å². The molecule has 3 aromatic rings. The zero-order valence-electron chi connectivity index (χ0n) is 16.2. The molecule has 2 aromatic heterocycles. The van der Waals surface area contributed by atoms with Crippen LogP contribution >= 0.6 is 0 Å². The van der Waals surface area contributed by atoms with Gasteiger partial charge in [0.2, 0.25) is 5.91 Å². The highest BCUT2D eigenvalue weighted by molar-refractivity contribution is 6.01. The van der Waals surface area contributed by atoms with Crippen molar-refractivity contribution in [3.8, 4) is 11.5 Å². The molecule has 29 heavy (non-hydrogen) atoms. The fraction of sp³-hybridized carbons (Fsp3) is 0.143. The van der Waals surface area contributed by atoms with E-state index in [-0.39, 0.29) is 5.56 Å². The Morgan fingerprint density at radius 2 is 2.00 bits per heavy atom. The van der Waals surface area contributed by atoms with Gasteiger partial charge in [0.25, 0.3) is 5.56 Å². The second-order valence-corrected chi connectivity index (χ2v) is 6.44. The van der Waals surface area contributed by atoms with Crippen LogP contribution in [0.4, 0.5) is 5.69 Å². The maximum absolute atomic E-state index is 12.2. The molecular weight excluding hydrogens is 372 g/mol. The molecular formula is C21H20N4O4. The number of benzene rings is 1. The number of aryl methyl sites for hydroxylation is 2. The highest BCUT2D eigenvalue weighted by Crippen LogP contribution is 2.26. The van der Waals surface area contributed by atoms with E-state index in [0.717, 1.165) is 10.1 Å². The van der Waals surface area contributed by atoms with Crippen LogP contribution in [0.5, 0.6) is 11.5 Å². The van der Waals surface area contributed by atoms with Crippen molar-refractivity contribution in [2.45, 2.75) is 6.92 Å². The van der Waals surface area contributed by atoms with E-state index in [4.69, 9.17) is 4.74 Å². The summed E-state index contributed by atoms with van der Waals surface area (Å²) in [5.74, 6) is 0.871. The third kappa shape index (κ3) is 4.67. The summed E-state index contributed by atoms with van der Waals surface area (Å²) in [5.41, 5.74) is 0.762. The van der Waals surface area contributed by atoms with E-state index in [1.807, 2.05) is 6.92 Å². The molecule has 0 atom stereocenters. The largest absolute Gasteiger partial charge is 0.455 e. The Hall–Kier alpha value is -3.94. The van der Waals surface area contributed by atoms with Crippen molar-refractivity contribution in [2.75, 3.05) is 5.32 Å². The lowest BCUT2D eigenvalue weighted by Gasteiger charge is -2.10. The molecule has 8 heteroatoms. The van der Waals surface area contributed by atoms with Gasteiger partial charge in [-0.15, -0.1) is 0 Å². The van der Waals surface area contributed by atoms with Crippen LogP contribution in [0.3, 0.4) is 0 Å². The van der Waals surface area contributed by atoms with Gasteiger partial charge in [0.1, 0.15) is 11.5 Å². The second-order valence-electron chi connectivity index (χ2n) is 6.44. The van der Waals surface area contributed by atoms with Gasteiger partial charge in [-0.3, -0.25) is 19.1 Å². The molecule has 3 rings (SSSR count). The van der Waals surface area contributed by atoms with E-state index in [1.54, 1.807) is 42.7 Å². The average Bonchev–Trinajstić information content (AvgIpc) is 2.71. The molecule has 1 N–H and O–H groups in total. The summed E-state index contributed by atoms with van der Waals surface area (Å²) in [5, 5.41) is 2.73. The molecule has 0 saturated carbocycles. The normalized spacial score (nSPS) is 10.9. The van der Waals surface area contributed by atoms with Gasteiger partial charge in [-0.2, -0.15) is 0 Å². The molecule has 0 saturated heterocycles. The van der Waals surface area contributed by atoms with Crippen LogP contribution in [0.2, 0.25) is 0 Å². The first-order valence-corrected chi connectivity index (χ1v) is 8.79. The number of pyridine rings is 1. The van der Waals surface area contributed by atoms with E-state index in [0.29, 0.717) is 17.2 Å². The topological polar surface area (TPSA) is 95.2 Å². The van der Waals surface area contributed by atoms with Gasteiger partial charge in [0, 0.05) is 38.3 Å². The standard InChI is InChI=1S/C21H20N4O4/c1-14-11-16(7-8-18(14)29-17-5-4-10-22-12-17)23-19(26)9-6-15-13-24(2)21(28)25(3)20(15)27/h4-13H,1-3H3,(H,23,26)/b9-6+. The van der Waals surface area contributed by atoms with Crippen LogP contribution in [0.25, 0.3) is 6.08 Å². The average molecular weight is 392 g/mol. The van der Waals surface area contributed by atoms with Crippen molar-refractivity contribution in [1.29, 1.82) is 0 Å². The molecule has 0 aliphatic carbocycles. The number of hydrogen-bond donors (Lipinski definition) is 1. The van der Waals surface area contributed by atoms with Gasteiger partial charge < -0.3 is 14.6 Å². The lowest BCUT2D eigenvalue weighted by Crippen LogP contribution is -2.37. The monoisotopic (exact) mass is 392 g/mol. The molecule has 1 amide bonds. The fourth-order valence-corrected chi connectivity index (χ4v) is 2.68. The van der Waals surface area contributed by atoms with Crippen molar-refractivity contribution < 1.29 is 9.53 Å². The molecule has 0 bridgehead atoms. The first-order chi connectivity index (χ1) is 13.8. The minimum Gasteiger partial charge on any atom is -0.455 e. The van der Waals surface area contributed by atoms with E-state index in [2.05, 4.69) is 10.3 Å². The number of ether oxygens (including phenoxy) is 1. The molecule has 148 valence electrons. The zero-order valence-corrected chi connectivity index (χ0v) is 16.2. The molecule has 0 aliphatic heterocycles. The summed E-state index contributed by atoms with van der Waals surface area (Å²) in [6.45, 7) is 1.87. The van der Waals surface area contributed by atoms with Crippen molar-refractivity contribution in [3.63, 3.8) is 0 Å². The zero-order chi connectivity index (χ0) is 21.0. The SMILES string of the molecule is Cc1cc(NC(=O)/C=C/c2cn(C)c(=O)n(C)c2=O)ccc1Oc1cccnc1. The fourth-order valence-electron chi connectivity index (χ4n) is 2.68. The highest BCUT2D eigenvalue weighted by Gasteiger charge is 2.07. The minimum atomic E-state index is -0.468. The number of hydrogen-bond acceptors (Lipinski definition) is 5. The van der Waals surface area contributed by atoms with Crippen molar-refractivity contribution in [1.82, 2.24) is 14.1 Å². The number of rotatable bonds is 5. The summed E-state index contributed by atoms with van der Waals surface area (Å²) in [7, 11) is 2.93. The molecule has 8 nitrogen and oxygen atoms in total. The smallest absolute Gasteiger partial charge is 0.330 e. The Kier molecular flexibility index (Phi) is 5.73. The third-order valence-electron chi connectivity index (χ3n) is 4.19. The molecule has 0 radical (unpaired) electrons. The third-order valence-corrected chi connectivity index (χ3v) is 4.19. The van der Waals surface area contributed by atoms with E-state index < -0.39 is 17.2 Å². The summed E-state index contributed by atoms with van der Waals surface area (Å²) in [6, 6.07) is 8.84. The number of carbonyl (C=O) groups is 1. The first kappa shape index (κ1) is 19.8. The predicted octanol–water partition coefficient (Wildman–Crippen LogP) is 2.23. The van der Waals surface area contributed by atoms with Gasteiger partial charge >= 0.3 is 5.69 Å². The number of nitrogens with one attached hydrogen (secondary N) is 1. The van der Waals surface area contributed by atoms with Gasteiger partial charge in [-0.1, -0.05) is 0 Å². The van der Waals surface area contributed by atoms with Crippen molar-refractivity contribution >= 4 is 17.7 Å². The van der Waals surface area contributed by atoms with Crippen LogP contribution in [0.15, 0.2) is 64.6 Å². The van der Waals surface area contributed by atoms with E-state index in [1.165, 1.54) is 37.0 Å². The Bertz CT molecular complexity index is 1190. The second kappa shape index (κ2) is 8.39. The molecule has 0 aliphatic rings. The number of carbonyl (C=O) groups excluding carboxylic acids is 1. The minimum absolute atomic E-state index is 0.237. The summed E-state index contributed by atoms with van der Waals surface area (Å²) in [6.07, 6.45) is 7.30. The van der Waals surface area contributed by atoms with Gasteiger partial charge in [-0.05, 0) is 48.9 Å². The van der Waals surface area contributed by atoms with Crippen LogP contribution < -0.4 is 21.3 Å². The van der Waals surface area contributed by atoms with Crippen LogP contribution in [-0.2, 0) is 18.9 Å². The molecule has 2 heterocycles. The Morgan fingerprint density at radius 3 is 2.69 bits per heavy atom. The maximum atomic E-state index is 12.2. The van der Waals surface area contributed by atoms with Gasteiger partial charge in [0.05, 0.1) is 11.8 Å². The van der Waals surface area contributed by atoms with Crippen LogP contribution in [-0.4, -0.2) is 20.0 Å². The predicted molar refractivity (Wildman–Crippen MR) is 110 cm³/mol. The van der Waals surface area contributed by atoms with Gasteiger partial charge in [-0.25, -0.2) is 4.79 Å². The van der Waals surface area contributed by atoms with Crippen LogP contribution in [0.1, 0.15) is 11.1 Å². The molecule has 0 unspecified atom stereocenters. The van der Waals surface area contributed by atoms with Crippen molar-refractivity contribution in [2.24, 2.45) is 14.1 Å². The van der Waals surface area contributed by atoms with E-state index in [9.17, 15) is 14.4 Å². The van der Waals surface area contributed by atoms with Crippen molar-refractivity contribution in [3.05, 3.63) is 87.0 Å². The number of anilines is 1. The number of amides is 1. The summed E-state index contributed by atoms with van der Waals surface area (Å²) in [4.78, 5) is 40.0.